The molecule has 0 saturated heterocycles. The van der Waals surface area contributed by atoms with Crippen molar-refractivity contribution in [3.05, 3.63) is 59.2 Å². The molecule has 0 fully saturated rings. The first-order valence-electron chi connectivity index (χ1n) is 10.9. The number of methoxy groups -OCH3 is 1. The van der Waals surface area contributed by atoms with Crippen LogP contribution >= 0.6 is 11.8 Å². The summed E-state index contributed by atoms with van der Waals surface area (Å²) in [5, 5.41) is 13.4. The lowest BCUT2D eigenvalue weighted by Crippen LogP contribution is -2.35. The number of hydrogen-bond acceptors (Lipinski definition) is 9. The molecule has 0 saturated carbocycles. The van der Waals surface area contributed by atoms with Crippen LogP contribution in [0.3, 0.4) is 0 Å². The van der Waals surface area contributed by atoms with Gasteiger partial charge in [0.25, 0.3) is 5.91 Å². The van der Waals surface area contributed by atoms with Crippen molar-refractivity contribution in [1.82, 2.24) is 5.01 Å². The zero-order chi connectivity index (χ0) is 25.9. The molecule has 0 aliphatic carbocycles. The summed E-state index contributed by atoms with van der Waals surface area (Å²) in [6, 6.07) is 12.9. The SMILES string of the molecule is COc1cc(/C=C2/C(=N)N3N=C(S(C)(=O)=O)SC3=NC2=O)ccc1OCCCOc1cccc(C)c1. The third-order valence-electron chi connectivity index (χ3n) is 5.06. The number of nitrogens with zero attached hydrogens (tertiary/aromatic N) is 3. The van der Waals surface area contributed by atoms with Crippen LogP contribution in [0.5, 0.6) is 17.2 Å². The Morgan fingerprint density at radius 1 is 1.11 bits per heavy atom. The molecular weight excluding hydrogens is 504 g/mol. The van der Waals surface area contributed by atoms with E-state index in [1.165, 1.54) is 13.2 Å². The summed E-state index contributed by atoms with van der Waals surface area (Å²) < 4.78 is 40.4. The van der Waals surface area contributed by atoms with Crippen LogP contribution < -0.4 is 14.2 Å². The van der Waals surface area contributed by atoms with Crippen LogP contribution in [0.15, 0.2) is 58.1 Å². The second kappa shape index (κ2) is 10.5. The molecule has 12 heteroatoms. The van der Waals surface area contributed by atoms with Crippen LogP contribution in [0, 0.1) is 12.3 Å². The molecule has 0 radical (unpaired) electrons. The minimum Gasteiger partial charge on any atom is -0.493 e. The summed E-state index contributed by atoms with van der Waals surface area (Å²) in [6.45, 7) is 2.92. The number of amides is 1. The summed E-state index contributed by atoms with van der Waals surface area (Å²) in [7, 11) is -2.09. The monoisotopic (exact) mass is 528 g/mol. The molecule has 2 aromatic carbocycles. The van der Waals surface area contributed by atoms with Crippen molar-refractivity contribution in [2.75, 3.05) is 26.6 Å². The largest absolute Gasteiger partial charge is 0.493 e. The molecule has 2 aliphatic rings. The number of rotatable bonds is 8. The molecule has 4 rings (SSSR count). The van der Waals surface area contributed by atoms with Crippen LogP contribution in [-0.2, 0) is 14.6 Å². The molecule has 36 heavy (non-hydrogen) atoms. The summed E-state index contributed by atoms with van der Waals surface area (Å²) in [5.74, 6) is 0.881. The molecule has 0 bridgehead atoms. The number of sulfone groups is 1. The summed E-state index contributed by atoms with van der Waals surface area (Å²) in [4.78, 5) is 16.4. The molecule has 1 amide bonds. The predicted octanol–water partition coefficient (Wildman–Crippen LogP) is 3.47. The fraction of sp³-hybridized carbons (Fsp3) is 0.250. The zero-order valence-corrected chi connectivity index (χ0v) is 21.5. The van der Waals surface area contributed by atoms with Gasteiger partial charge >= 0.3 is 0 Å². The highest BCUT2D eigenvalue weighted by molar-refractivity contribution is 8.42. The Kier molecular flexibility index (Phi) is 7.45. The van der Waals surface area contributed by atoms with Crippen molar-refractivity contribution in [1.29, 1.82) is 5.41 Å². The van der Waals surface area contributed by atoms with Crippen molar-refractivity contribution in [3.8, 4) is 17.2 Å². The van der Waals surface area contributed by atoms with Crippen LogP contribution in [0.4, 0.5) is 0 Å². The highest BCUT2D eigenvalue weighted by Crippen LogP contribution is 2.32. The fourth-order valence-electron chi connectivity index (χ4n) is 3.32. The number of hydrogen-bond donors (Lipinski definition) is 1. The maximum absolute atomic E-state index is 12.5. The van der Waals surface area contributed by atoms with Crippen LogP contribution in [0.25, 0.3) is 6.08 Å². The molecule has 1 N–H and O–H groups in total. The molecule has 0 spiro atoms. The number of amidine groups is 2. The first-order chi connectivity index (χ1) is 17.2. The number of nitrogens with one attached hydrogen (secondary N) is 1. The Labute approximate surface area is 213 Å². The van der Waals surface area contributed by atoms with Gasteiger partial charge in [-0.25, -0.2) is 8.42 Å². The van der Waals surface area contributed by atoms with E-state index < -0.39 is 15.7 Å². The lowest BCUT2D eigenvalue weighted by Gasteiger charge is -2.20. The van der Waals surface area contributed by atoms with E-state index >= 15 is 0 Å². The standard InChI is InChI=1S/C24H24N4O6S2/c1-15-6-4-7-17(12-15)33-10-5-11-34-19-9-8-16(14-20(19)32-2)13-18-21(25)28-23(26-22(18)29)35-24(27-28)36(3,30)31/h4,6-9,12-14,25H,5,10-11H2,1-3H3/b18-13-,25-21?. The minimum absolute atomic E-state index is 0.0260. The number of aliphatic imine (C=N–C) groups is 1. The van der Waals surface area contributed by atoms with E-state index in [0.717, 1.165) is 34.3 Å². The predicted molar refractivity (Wildman–Crippen MR) is 140 cm³/mol. The molecule has 0 atom stereocenters. The number of ether oxygens (including phenoxy) is 3. The number of benzene rings is 2. The van der Waals surface area contributed by atoms with Crippen molar-refractivity contribution in [3.63, 3.8) is 0 Å². The van der Waals surface area contributed by atoms with Gasteiger partial charge < -0.3 is 14.2 Å². The summed E-state index contributed by atoms with van der Waals surface area (Å²) in [6.07, 6.45) is 3.15. The third kappa shape index (κ3) is 5.77. The van der Waals surface area contributed by atoms with Gasteiger partial charge in [0.05, 0.1) is 25.9 Å². The van der Waals surface area contributed by atoms with Gasteiger partial charge in [-0.15, -0.1) is 5.10 Å². The molecular formula is C24H24N4O6S2. The second-order valence-corrected chi connectivity index (χ2v) is 11.1. The van der Waals surface area contributed by atoms with Gasteiger partial charge in [-0.05, 0) is 60.2 Å². The van der Waals surface area contributed by atoms with Crippen LogP contribution in [0.2, 0.25) is 0 Å². The first-order valence-corrected chi connectivity index (χ1v) is 13.6. The van der Waals surface area contributed by atoms with Gasteiger partial charge in [0.1, 0.15) is 5.75 Å². The Morgan fingerprint density at radius 2 is 1.89 bits per heavy atom. The molecule has 0 aromatic heterocycles. The van der Waals surface area contributed by atoms with E-state index in [-0.39, 0.29) is 21.0 Å². The van der Waals surface area contributed by atoms with Gasteiger partial charge in [-0.1, -0.05) is 18.2 Å². The lowest BCUT2D eigenvalue weighted by atomic mass is 10.1. The number of carbonyl (C=O) groups excluding carboxylic acids is 1. The van der Waals surface area contributed by atoms with E-state index in [2.05, 4.69) is 10.1 Å². The summed E-state index contributed by atoms with van der Waals surface area (Å²) >= 11 is 0.739. The van der Waals surface area contributed by atoms with E-state index in [9.17, 15) is 13.2 Å². The number of aryl methyl sites for hydroxylation is 1. The van der Waals surface area contributed by atoms with E-state index in [1.807, 2.05) is 31.2 Å². The Morgan fingerprint density at radius 3 is 2.61 bits per heavy atom. The number of hydrazone groups is 1. The van der Waals surface area contributed by atoms with Gasteiger partial charge in [0.2, 0.25) is 19.4 Å². The van der Waals surface area contributed by atoms with Crippen molar-refractivity contribution >= 4 is 49.0 Å². The minimum atomic E-state index is -3.59. The molecule has 10 nitrogen and oxygen atoms in total. The summed E-state index contributed by atoms with van der Waals surface area (Å²) in [5.41, 5.74) is 1.68. The topological polar surface area (TPSA) is 131 Å². The lowest BCUT2D eigenvalue weighted by molar-refractivity contribution is -0.114. The van der Waals surface area contributed by atoms with E-state index in [4.69, 9.17) is 19.6 Å². The fourth-order valence-corrected chi connectivity index (χ4v) is 5.01. The maximum atomic E-state index is 12.5. The Balaban J connectivity index is 1.42. The van der Waals surface area contributed by atoms with Crippen LogP contribution in [0.1, 0.15) is 17.5 Å². The van der Waals surface area contributed by atoms with Gasteiger partial charge in [-0.2, -0.15) is 10.0 Å². The highest BCUT2D eigenvalue weighted by Gasteiger charge is 2.38. The molecule has 2 heterocycles. The second-order valence-electron chi connectivity index (χ2n) is 7.94. The molecule has 2 aliphatic heterocycles. The van der Waals surface area contributed by atoms with Crippen molar-refractivity contribution in [2.45, 2.75) is 13.3 Å². The highest BCUT2D eigenvalue weighted by atomic mass is 32.3. The van der Waals surface area contributed by atoms with Crippen LogP contribution in [-0.4, -0.2) is 61.3 Å². The van der Waals surface area contributed by atoms with E-state index in [1.54, 1.807) is 18.2 Å². The molecule has 188 valence electrons. The number of thioether (sulfide) groups is 1. The average Bonchev–Trinajstić information content (AvgIpc) is 3.27. The van der Waals surface area contributed by atoms with Gasteiger partial charge in [0.15, 0.2) is 17.3 Å². The zero-order valence-electron chi connectivity index (χ0n) is 19.8. The van der Waals surface area contributed by atoms with Crippen molar-refractivity contribution < 1.29 is 27.4 Å². The maximum Gasteiger partial charge on any atom is 0.283 e. The van der Waals surface area contributed by atoms with Crippen molar-refractivity contribution in [2.24, 2.45) is 10.1 Å². The Bertz CT molecular complexity index is 1420. The number of carbonyl (C=O) groups is 1. The molecule has 0 unspecified atom stereocenters. The van der Waals surface area contributed by atoms with Gasteiger partial charge in [-0.3, -0.25) is 10.2 Å². The van der Waals surface area contributed by atoms with Gasteiger partial charge in [0, 0.05) is 12.7 Å². The third-order valence-corrected chi connectivity index (χ3v) is 7.63. The quantitative estimate of drug-likeness (QED) is 0.407. The number of fused-ring (bicyclic) bond motifs is 1. The average molecular weight is 529 g/mol. The normalized spacial score (nSPS) is 16.5. The smallest absolute Gasteiger partial charge is 0.283 e. The van der Waals surface area contributed by atoms with E-state index in [0.29, 0.717) is 36.7 Å². The Hall–Kier alpha value is -3.64. The molecule has 2 aromatic rings. The first kappa shape index (κ1) is 25.5.